The van der Waals surface area contributed by atoms with E-state index in [1.165, 1.54) is 33.0 Å². The molecule has 3 rings (SSSR count). The van der Waals surface area contributed by atoms with Crippen LogP contribution < -0.4 is 4.74 Å². The van der Waals surface area contributed by atoms with Gasteiger partial charge in [-0.1, -0.05) is 116 Å². The summed E-state index contributed by atoms with van der Waals surface area (Å²) in [4.78, 5) is 8.36. The number of hydrogen-bond donors (Lipinski definition) is 1. The number of fused-ring (bicyclic) bond motifs is 1. The van der Waals surface area contributed by atoms with Crippen molar-refractivity contribution >= 4 is 17.2 Å². The summed E-state index contributed by atoms with van der Waals surface area (Å²) in [7, 11) is 0. The molecule has 1 unspecified atom stereocenters. The standard InChI is InChI=1S/C30H40O.2C2H6.CH2O2/c1-9-30(10-2,27-14-13-24-17-21(3)11-12-25(24)19-27)26-15-16-28(22(4)18-26)31-23(5)20-29(6,7)8;2*1-2;2-1-3/h11-19,23H,9-10,20H2,1-8H3;2*1-2H3;1H,(H,2,3). The number of hydrogen-bond acceptors (Lipinski definition) is 2. The van der Waals surface area contributed by atoms with E-state index in [0.717, 1.165) is 25.0 Å². The average Bonchev–Trinajstić information content (AvgIpc) is 2.88. The Morgan fingerprint density at radius 1 is 0.816 bits per heavy atom. The number of ether oxygens (including phenoxy) is 1. The minimum Gasteiger partial charge on any atom is -0.490 e. The highest BCUT2D eigenvalue weighted by atomic mass is 16.5. The van der Waals surface area contributed by atoms with E-state index in [1.54, 1.807) is 0 Å². The van der Waals surface area contributed by atoms with Gasteiger partial charge in [-0.05, 0) is 79.0 Å². The molecule has 3 nitrogen and oxygen atoms in total. The zero-order chi connectivity index (χ0) is 29.5. The normalized spacial score (nSPS) is 11.6. The van der Waals surface area contributed by atoms with Crippen LogP contribution in [0.15, 0.2) is 54.6 Å². The summed E-state index contributed by atoms with van der Waals surface area (Å²) in [6.07, 6.45) is 3.39. The van der Waals surface area contributed by atoms with Gasteiger partial charge in [-0.3, -0.25) is 4.79 Å². The van der Waals surface area contributed by atoms with Crippen LogP contribution in [0.25, 0.3) is 10.8 Å². The van der Waals surface area contributed by atoms with Crippen LogP contribution in [0.5, 0.6) is 5.75 Å². The summed E-state index contributed by atoms with van der Waals surface area (Å²) in [5, 5.41) is 9.53. The van der Waals surface area contributed by atoms with Crippen LogP contribution in [0, 0.1) is 19.3 Å². The smallest absolute Gasteiger partial charge is 0.290 e. The molecule has 38 heavy (non-hydrogen) atoms. The van der Waals surface area contributed by atoms with Gasteiger partial charge in [-0.15, -0.1) is 0 Å². The predicted molar refractivity (Wildman–Crippen MR) is 167 cm³/mol. The molecule has 0 saturated carbocycles. The summed E-state index contributed by atoms with van der Waals surface area (Å²) in [6.45, 7) is 25.7. The Balaban J connectivity index is 0.00000179. The number of carboxylic acid groups (broad SMARTS) is 1. The Kier molecular flexibility index (Phi) is 15.7. The van der Waals surface area contributed by atoms with Gasteiger partial charge < -0.3 is 9.84 Å². The first-order chi connectivity index (χ1) is 18.0. The predicted octanol–water partition coefficient (Wildman–Crippen LogP) is 10.5. The molecular formula is C35H54O3. The molecule has 0 aliphatic rings. The van der Waals surface area contributed by atoms with E-state index in [2.05, 4.69) is 110 Å². The van der Waals surface area contributed by atoms with E-state index >= 15 is 0 Å². The van der Waals surface area contributed by atoms with Crippen LogP contribution in [0.1, 0.15) is 111 Å². The quantitative estimate of drug-likeness (QED) is 0.314. The largest absolute Gasteiger partial charge is 0.490 e. The van der Waals surface area contributed by atoms with Crippen molar-refractivity contribution in [3.8, 4) is 5.75 Å². The second kappa shape index (κ2) is 16.9. The number of aryl methyl sites for hydroxylation is 2. The molecule has 0 aliphatic heterocycles. The summed E-state index contributed by atoms with van der Waals surface area (Å²) in [6, 6.07) is 20.6. The third-order valence-electron chi connectivity index (χ3n) is 6.71. The lowest BCUT2D eigenvalue weighted by Gasteiger charge is -2.34. The van der Waals surface area contributed by atoms with Gasteiger partial charge >= 0.3 is 0 Å². The second-order valence-corrected chi connectivity index (χ2v) is 10.6. The third-order valence-corrected chi connectivity index (χ3v) is 6.71. The molecule has 0 fully saturated rings. The highest BCUT2D eigenvalue weighted by Crippen LogP contribution is 2.41. The third kappa shape index (κ3) is 9.82. The number of rotatable bonds is 7. The molecule has 0 saturated heterocycles. The van der Waals surface area contributed by atoms with Gasteiger partial charge in [0.05, 0.1) is 6.10 Å². The molecule has 0 aliphatic carbocycles. The van der Waals surface area contributed by atoms with Crippen molar-refractivity contribution in [2.24, 2.45) is 5.41 Å². The highest BCUT2D eigenvalue weighted by Gasteiger charge is 2.31. The van der Waals surface area contributed by atoms with Crippen LogP contribution in [-0.2, 0) is 10.2 Å². The summed E-state index contributed by atoms with van der Waals surface area (Å²) >= 11 is 0. The average molecular weight is 523 g/mol. The first-order valence-corrected chi connectivity index (χ1v) is 14.4. The van der Waals surface area contributed by atoms with E-state index in [-0.39, 0.29) is 23.4 Å². The molecule has 3 aromatic carbocycles. The van der Waals surface area contributed by atoms with Crippen molar-refractivity contribution in [1.29, 1.82) is 0 Å². The van der Waals surface area contributed by atoms with Crippen molar-refractivity contribution in [1.82, 2.24) is 0 Å². The maximum atomic E-state index is 8.36. The second-order valence-electron chi connectivity index (χ2n) is 10.6. The first-order valence-electron chi connectivity index (χ1n) is 14.4. The van der Waals surface area contributed by atoms with Gasteiger partial charge in [0.2, 0.25) is 0 Å². The van der Waals surface area contributed by atoms with Crippen molar-refractivity contribution in [2.45, 2.75) is 114 Å². The van der Waals surface area contributed by atoms with Gasteiger partial charge in [-0.25, -0.2) is 0 Å². The highest BCUT2D eigenvalue weighted by molar-refractivity contribution is 5.84. The molecule has 3 heteroatoms. The number of benzene rings is 3. The fourth-order valence-electron chi connectivity index (χ4n) is 5.10. The fourth-order valence-corrected chi connectivity index (χ4v) is 5.10. The molecule has 0 amide bonds. The summed E-state index contributed by atoms with van der Waals surface area (Å²) < 4.78 is 6.33. The Bertz CT molecular complexity index is 1090. The lowest BCUT2D eigenvalue weighted by molar-refractivity contribution is -0.122. The molecule has 3 aromatic rings. The molecule has 1 atom stereocenters. The Morgan fingerprint density at radius 3 is 1.79 bits per heavy atom. The minimum atomic E-state index is -0.250. The fraction of sp³-hybridized carbons (Fsp3) is 0.514. The topological polar surface area (TPSA) is 46.5 Å². The van der Waals surface area contributed by atoms with Crippen LogP contribution in [0.2, 0.25) is 0 Å². The van der Waals surface area contributed by atoms with Gasteiger partial charge in [0.15, 0.2) is 0 Å². The van der Waals surface area contributed by atoms with Crippen molar-refractivity contribution < 1.29 is 14.6 Å². The van der Waals surface area contributed by atoms with Gasteiger partial charge in [0.1, 0.15) is 5.75 Å². The Hall–Kier alpha value is -2.81. The maximum Gasteiger partial charge on any atom is 0.290 e. The Labute approximate surface area is 233 Å². The van der Waals surface area contributed by atoms with E-state index in [1.807, 2.05) is 27.7 Å². The Morgan fingerprint density at radius 2 is 1.29 bits per heavy atom. The lowest BCUT2D eigenvalue weighted by Crippen LogP contribution is -2.26. The zero-order valence-electron chi connectivity index (χ0n) is 26.2. The maximum absolute atomic E-state index is 8.36. The monoisotopic (exact) mass is 522 g/mol. The molecule has 0 spiro atoms. The van der Waals surface area contributed by atoms with E-state index in [4.69, 9.17) is 14.6 Å². The van der Waals surface area contributed by atoms with Crippen molar-refractivity contribution in [3.63, 3.8) is 0 Å². The van der Waals surface area contributed by atoms with Crippen LogP contribution >= 0.6 is 0 Å². The molecular weight excluding hydrogens is 468 g/mol. The molecule has 0 heterocycles. The minimum absolute atomic E-state index is 0.0133. The van der Waals surface area contributed by atoms with Crippen molar-refractivity contribution in [2.75, 3.05) is 0 Å². The molecule has 0 bridgehead atoms. The molecule has 212 valence electrons. The first kappa shape index (κ1) is 35.2. The van der Waals surface area contributed by atoms with Crippen LogP contribution in [0.3, 0.4) is 0 Å². The van der Waals surface area contributed by atoms with Gasteiger partial charge in [0.25, 0.3) is 6.47 Å². The van der Waals surface area contributed by atoms with E-state index < -0.39 is 0 Å². The van der Waals surface area contributed by atoms with E-state index in [0.29, 0.717) is 0 Å². The van der Waals surface area contributed by atoms with Crippen molar-refractivity contribution in [3.05, 3.63) is 76.9 Å². The van der Waals surface area contributed by atoms with Gasteiger partial charge in [0, 0.05) is 5.41 Å². The van der Waals surface area contributed by atoms with Crippen LogP contribution in [0.4, 0.5) is 0 Å². The SMILES string of the molecule is CC.CC.CCC(CC)(c1ccc(OC(C)CC(C)(C)C)c(C)c1)c1ccc2cc(C)ccc2c1.O=CO. The van der Waals surface area contributed by atoms with Gasteiger partial charge in [-0.2, -0.15) is 0 Å². The zero-order valence-corrected chi connectivity index (χ0v) is 26.2. The molecule has 0 radical (unpaired) electrons. The lowest BCUT2D eigenvalue weighted by atomic mass is 9.70. The number of carbonyl (C=O) groups is 1. The molecule has 1 N–H and O–H groups in total. The van der Waals surface area contributed by atoms with Crippen LogP contribution in [-0.4, -0.2) is 17.7 Å². The molecule has 0 aromatic heterocycles. The van der Waals surface area contributed by atoms with E-state index in [9.17, 15) is 0 Å². The summed E-state index contributed by atoms with van der Waals surface area (Å²) in [5.41, 5.74) is 5.60. The summed E-state index contributed by atoms with van der Waals surface area (Å²) in [5.74, 6) is 1.01.